The number of nitrogens with zero attached hydrogens (tertiary/aromatic N) is 3. The Labute approximate surface area is 189 Å². The Balaban J connectivity index is 1.22. The lowest BCUT2D eigenvalue weighted by Crippen LogP contribution is -2.50. The summed E-state index contributed by atoms with van der Waals surface area (Å²) in [5.74, 6) is 3.00. The Morgan fingerprint density at radius 2 is 2.00 bits per heavy atom. The molecule has 1 N–H and O–H groups in total. The van der Waals surface area contributed by atoms with E-state index in [0.29, 0.717) is 54.4 Å². The number of amides is 1. The average Bonchev–Trinajstić information content (AvgIpc) is 3.31. The van der Waals surface area contributed by atoms with E-state index in [4.69, 9.17) is 14.0 Å². The molecule has 2 saturated heterocycles. The van der Waals surface area contributed by atoms with Crippen LogP contribution in [0.4, 0.5) is 0 Å². The van der Waals surface area contributed by atoms with E-state index < -0.39 is 0 Å². The first-order valence-electron chi connectivity index (χ1n) is 11.7. The molecule has 0 spiro atoms. The van der Waals surface area contributed by atoms with Crippen LogP contribution in [0.2, 0.25) is 0 Å². The largest absolute Gasteiger partial charge is 0.493 e. The van der Waals surface area contributed by atoms with E-state index in [9.17, 15) is 4.79 Å². The highest BCUT2D eigenvalue weighted by Crippen LogP contribution is 2.32. The first kappa shape index (κ1) is 22.6. The molecule has 2 aromatic rings. The predicted molar refractivity (Wildman–Crippen MR) is 121 cm³/mol. The van der Waals surface area contributed by atoms with Crippen molar-refractivity contribution in [3.63, 3.8) is 0 Å². The minimum absolute atomic E-state index is 0.109. The molecule has 174 valence electrons. The number of carbonyl (C=O) groups excluding carboxylic acids is 1. The fourth-order valence-corrected chi connectivity index (χ4v) is 5.00. The third-order valence-electron chi connectivity index (χ3n) is 6.69. The smallest absolute Gasteiger partial charge is 0.226 e. The molecule has 0 saturated carbocycles. The van der Waals surface area contributed by atoms with Crippen molar-refractivity contribution in [2.45, 2.75) is 57.4 Å². The van der Waals surface area contributed by atoms with Crippen LogP contribution in [0.5, 0.6) is 11.5 Å². The van der Waals surface area contributed by atoms with Crippen LogP contribution in [0, 0.1) is 5.92 Å². The van der Waals surface area contributed by atoms with Crippen molar-refractivity contribution < 1.29 is 18.8 Å². The predicted octanol–water partition coefficient (Wildman–Crippen LogP) is 3.46. The van der Waals surface area contributed by atoms with E-state index in [1.807, 2.05) is 18.2 Å². The van der Waals surface area contributed by atoms with Gasteiger partial charge in [-0.2, -0.15) is 4.98 Å². The lowest BCUT2D eigenvalue weighted by molar-refractivity contribution is -0.121. The van der Waals surface area contributed by atoms with E-state index in [-0.39, 0.29) is 5.91 Å². The Kier molecular flexibility index (Phi) is 7.63. The Morgan fingerprint density at radius 3 is 2.84 bits per heavy atom. The molecule has 1 amide bonds. The van der Waals surface area contributed by atoms with Crippen LogP contribution < -0.4 is 14.8 Å². The van der Waals surface area contributed by atoms with Crippen LogP contribution >= 0.6 is 0 Å². The molecule has 0 unspecified atom stereocenters. The maximum absolute atomic E-state index is 12.4. The normalized spacial score (nSPS) is 21.1. The number of methoxy groups -OCH3 is 2. The highest BCUT2D eigenvalue weighted by molar-refractivity contribution is 5.75. The van der Waals surface area contributed by atoms with E-state index in [0.717, 1.165) is 12.1 Å². The number of aromatic nitrogens is 2. The molecule has 1 aromatic carbocycles. The third kappa shape index (κ3) is 5.41. The molecule has 8 heteroatoms. The van der Waals surface area contributed by atoms with Crippen molar-refractivity contribution in [3.8, 4) is 22.9 Å². The van der Waals surface area contributed by atoms with Gasteiger partial charge >= 0.3 is 0 Å². The van der Waals surface area contributed by atoms with Crippen LogP contribution in [0.3, 0.4) is 0 Å². The second kappa shape index (κ2) is 10.8. The fraction of sp³-hybridized carbons (Fsp3) is 0.625. The van der Waals surface area contributed by atoms with Gasteiger partial charge in [-0.05, 0) is 69.3 Å². The van der Waals surface area contributed by atoms with Crippen LogP contribution in [-0.4, -0.2) is 60.8 Å². The Bertz CT molecular complexity index is 898. The van der Waals surface area contributed by atoms with Crippen LogP contribution in [0.15, 0.2) is 22.7 Å². The van der Waals surface area contributed by atoms with Gasteiger partial charge in [0.1, 0.15) is 0 Å². The molecular formula is C24H34N4O4. The number of hydrogen-bond acceptors (Lipinski definition) is 7. The second-order valence-electron chi connectivity index (χ2n) is 8.74. The minimum atomic E-state index is 0.109. The first-order chi connectivity index (χ1) is 15.7. The number of fused-ring (bicyclic) bond motifs is 1. The zero-order chi connectivity index (χ0) is 22.3. The minimum Gasteiger partial charge on any atom is -0.493 e. The molecule has 2 aliphatic heterocycles. The van der Waals surface area contributed by atoms with Gasteiger partial charge in [-0.1, -0.05) is 11.6 Å². The van der Waals surface area contributed by atoms with Gasteiger partial charge in [-0.25, -0.2) is 0 Å². The van der Waals surface area contributed by atoms with Crippen molar-refractivity contribution >= 4 is 5.91 Å². The number of rotatable bonds is 9. The summed E-state index contributed by atoms with van der Waals surface area (Å²) in [5.41, 5.74) is 0.791. The van der Waals surface area contributed by atoms with Gasteiger partial charge in [0.15, 0.2) is 11.5 Å². The van der Waals surface area contributed by atoms with Gasteiger partial charge in [0.05, 0.1) is 14.2 Å². The Hall–Kier alpha value is -2.61. The van der Waals surface area contributed by atoms with Crippen molar-refractivity contribution in [1.82, 2.24) is 20.4 Å². The monoisotopic (exact) mass is 442 g/mol. The van der Waals surface area contributed by atoms with Gasteiger partial charge in [-0.3, -0.25) is 4.79 Å². The van der Waals surface area contributed by atoms with Crippen LogP contribution in [0.1, 0.15) is 50.8 Å². The van der Waals surface area contributed by atoms with E-state index in [2.05, 4.69) is 20.4 Å². The maximum atomic E-state index is 12.4. The summed E-state index contributed by atoms with van der Waals surface area (Å²) in [6, 6.07) is 6.15. The van der Waals surface area contributed by atoms with Gasteiger partial charge in [0.2, 0.25) is 17.6 Å². The molecule has 0 aliphatic carbocycles. The van der Waals surface area contributed by atoms with Crippen molar-refractivity contribution in [2.24, 2.45) is 5.92 Å². The van der Waals surface area contributed by atoms with Gasteiger partial charge in [0.25, 0.3) is 0 Å². The molecule has 8 nitrogen and oxygen atoms in total. The Morgan fingerprint density at radius 1 is 1.16 bits per heavy atom. The van der Waals surface area contributed by atoms with Crippen molar-refractivity contribution in [3.05, 3.63) is 24.1 Å². The number of ether oxygens (including phenoxy) is 2. The van der Waals surface area contributed by atoms with Crippen molar-refractivity contribution in [1.29, 1.82) is 0 Å². The zero-order valence-electron chi connectivity index (χ0n) is 19.1. The summed E-state index contributed by atoms with van der Waals surface area (Å²) in [4.78, 5) is 19.5. The van der Waals surface area contributed by atoms with E-state index in [1.54, 1.807) is 14.2 Å². The lowest BCUT2D eigenvalue weighted by atomic mass is 9.83. The molecule has 0 radical (unpaired) electrons. The SMILES string of the molecule is COc1ccc(-c2noc(CCCC(=O)NC[C@@H]3CCCN4CCCC[C@@H]34)n2)cc1OC. The molecule has 2 fully saturated rings. The van der Waals surface area contributed by atoms with Crippen molar-refractivity contribution in [2.75, 3.05) is 33.9 Å². The van der Waals surface area contributed by atoms with Gasteiger partial charge in [-0.15, -0.1) is 0 Å². The molecule has 4 rings (SSSR count). The summed E-state index contributed by atoms with van der Waals surface area (Å²) in [7, 11) is 3.19. The number of aryl methyl sites for hydroxylation is 1. The average molecular weight is 443 g/mol. The number of hydrogen-bond donors (Lipinski definition) is 1. The van der Waals surface area contributed by atoms with Gasteiger partial charge in [0, 0.05) is 31.0 Å². The quantitative estimate of drug-likeness (QED) is 0.636. The molecule has 3 heterocycles. The summed E-state index contributed by atoms with van der Waals surface area (Å²) < 4.78 is 16.0. The highest BCUT2D eigenvalue weighted by atomic mass is 16.5. The number of carbonyl (C=O) groups is 1. The van der Waals surface area contributed by atoms with Crippen LogP contribution in [0.25, 0.3) is 11.4 Å². The standard InChI is InChI=1S/C24H34N4O4/c1-30-20-12-11-17(15-21(20)31-2)24-26-23(32-27-24)10-5-9-22(29)25-16-18-7-6-14-28-13-4-3-8-19(18)28/h11-12,15,18-19H,3-10,13-14,16H2,1-2H3,(H,25,29)/t18-,19-/m0/s1. The third-order valence-corrected chi connectivity index (χ3v) is 6.69. The second-order valence-corrected chi connectivity index (χ2v) is 8.74. The topological polar surface area (TPSA) is 89.7 Å². The zero-order valence-corrected chi connectivity index (χ0v) is 19.1. The summed E-state index contributed by atoms with van der Waals surface area (Å²) in [6.07, 6.45) is 8.11. The molecular weight excluding hydrogens is 408 g/mol. The van der Waals surface area contributed by atoms with Gasteiger partial charge < -0.3 is 24.2 Å². The molecule has 2 aliphatic rings. The molecule has 0 bridgehead atoms. The fourth-order valence-electron chi connectivity index (χ4n) is 5.00. The summed E-state index contributed by atoms with van der Waals surface area (Å²) >= 11 is 0. The van der Waals surface area contributed by atoms with E-state index >= 15 is 0 Å². The molecule has 2 atom stereocenters. The summed E-state index contributed by atoms with van der Waals surface area (Å²) in [5, 5.41) is 7.23. The number of piperidine rings is 2. The van der Waals surface area contributed by atoms with E-state index in [1.165, 1.54) is 45.2 Å². The molecule has 1 aromatic heterocycles. The first-order valence-corrected chi connectivity index (χ1v) is 11.7. The number of benzene rings is 1. The summed E-state index contributed by atoms with van der Waals surface area (Å²) in [6.45, 7) is 3.25. The molecule has 32 heavy (non-hydrogen) atoms. The number of nitrogens with one attached hydrogen (secondary N) is 1. The lowest BCUT2D eigenvalue weighted by Gasteiger charge is -2.44. The maximum Gasteiger partial charge on any atom is 0.226 e. The van der Waals surface area contributed by atoms with Crippen LogP contribution in [-0.2, 0) is 11.2 Å². The highest BCUT2D eigenvalue weighted by Gasteiger charge is 2.32.